The Balaban J connectivity index is 1.71. The summed E-state index contributed by atoms with van der Waals surface area (Å²) in [7, 11) is 0. The Kier molecular flexibility index (Phi) is 5.05. The molecule has 0 aliphatic rings. The van der Waals surface area contributed by atoms with E-state index in [1.54, 1.807) is 12.1 Å². The number of H-pyrrole nitrogens is 1. The van der Waals surface area contributed by atoms with Gasteiger partial charge in [0.05, 0.1) is 17.2 Å². The fraction of sp³-hybridized carbons (Fsp3) is 0.261. The zero-order valence-electron chi connectivity index (χ0n) is 16.7. The van der Waals surface area contributed by atoms with Gasteiger partial charge in [0, 0.05) is 22.7 Å². The molecule has 29 heavy (non-hydrogen) atoms. The first-order valence-corrected chi connectivity index (χ1v) is 9.75. The number of nitriles is 1. The van der Waals surface area contributed by atoms with Gasteiger partial charge in [-0.1, -0.05) is 24.6 Å². The van der Waals surface area contributed by atoms with Crippen LogP contribution in [0.5, 0.6) is 5.75 Å². The van der Waals surface area contributed by atoms with Crippen molar-refractivity contribution in [3.05, 3.63) is 53.7 Å². The quantitative estimate of drug-likeness (QED) is 0.473. The van der Waals surface area contributed by atoms with Gasteiger partial charge in [-0.3, -0.25) is 0 Å². The number of nitrogens with zero attached hydrogens (tertiary/aromatic N) is 3. The van der Waals surface area contributed by atoms with E-state index >= 15 is 0 Å². The number of ether oxygens (including phenoxy) is 1. The highest BCUT2D eigenvalue weighted by atomic mass is 16.5. The lowest BCUT2D eigenvalue weighted by Crippen LogP contribution is -2.06. The first-order valence-electron chi connectivity index (χ1n) is 9.75. The minimum Gasteiger partial charge on any atom is -0.490 e. The van der Waals surface area contributed by atoms with E-state index in [1.807, 2.05) is 32.2 Å². The number of nitrogens with one attached hydrogen (secondary N) is 1. The normalized spacial score (nSPS) is 11.1. The molecule has 0 atom stereocenters. The maximum atomic E-state index is 9.45. The number of hydrogen-bond acceptors (Lipinski definition) is 5. The van der Waals surface area contributed by atoms with Crippen molar-refractivity contribution in [2.45, 2.75) is 39.7 Å². The van der Waals surface area contributed by atoms with E-state index in [0.717, 1.165) is 23.9 Å². The number of hydrogen-bond donors (Lipinski definition) is 1. The SMILES string of the molecule is CCCc1ccc(-c2noc(-c3ccc(OC(C)C)c(C#N)c3)n2)c2[nH]ccc12. The summed E-state index contributed by atoms with van der Waals surface area (Å²) in [6, 6.07) is 13.7. The summed E-state index contributed by atoms with van der Waals surface area (Å²) >= 11 is 0. The summed E-state index contributed by atoms with van der Waals surface area (Å²) < 4.78 is 11.2. The third-order valence-electron chi connectivity index (χ3n) is 4.71. The molecule has 146 valence electrons. The molecule has 0 fully saturated rings. The summed E-state index contributed by atoms with van der Waals surface area (Å²) in [6.45, 7) is 6.02. The number of aromatic nitrogens is 3. The largest absolute Gasteiger partial charge is 0.490 e. The van der Waals surface area contributed by atoms with Crippen molar-refractivity contribution in [3.63, 3.8) is 0 Å². The van der Waals surface area contributed by atoms with Crippen LogP contribution in [0.4, 0.5) is 0 Å². The lowest BCUT2D eigenvalue weighted by Gasteiger charge is -2.11. The highest BCUT2D eigenvalue weighted by molar-refractivity contribution is 5.94. The molecule has 0 aliphatic carbocycles. The van der Waals surface area contributed by atoms with Crippen molar-refractivity contribution in [2.24, 2.45) is 0 Å². The molecular weight excluding hydrogens is 364 g/mol. The highest BCUT2D eigenvalue weighted by Crippen LogP contribution is 2.31. The molecule has 0 unspecified atom stereocenters. The minimum atomic E-state index is -0.0122. The lowest BCUT2D eigenvalue weighted by molar-refractivity contribution is 0.242. The molecule has 0 saturated carbocycles. The summed E-state index contributed by atoms with van der Waals surface area (Å²) in [5.74, 6) is 1.42. The molecule has 2 aromatic heterocycles. The Hall–Kier alpha value is -3.59. The van der Waals surface area contributed by atoms with Crippen LogP contribution >= 0.6 is 0 Å². The molecule has 0 aliphatic heterocycles. The van der Waals surface area contributed by atoms with Crippen LogP contribution in [0.2, 0.25) is 0 Å². The van der Waals surface area contributed by atoms with Gasteiger partial charge < -0.3 is 14.2 Å². The predicted octanol–water partition coefficient (Wildman–Crippen LogP) is 5.50. The van der Waals surface area contributed by atoms with Crippen LogP contribution < -0.4 is 4.74 Å². The molecule has 0 spiro atoms. The molecule has 2 heterocycles. The van der Waals surface area contributed by atoms with Gasteiger partial charge in [-0.05, 0) is 56.2 Å². The number of benzene rings is 2. The Labute approximate surface area is 169 Å². The lowest BCUT2D eigenvalue weighted by atomic mass is 10.0. The van der Waals surface area contributed by atoms with Crippen molar-refractivity contribution in [3.8, 4) is 34.7 Å². The van der Waals surface area contributed by atoms with E-state index in [4.69, 9.17) is 9.26 Å². The van der Waals surface area contributed by atoms with Crippen molar-refractivity contribution in [2.75, 3.05) is 0 Å². The number of fused-ring (bicyclic) bond motifs is 1. The van der Waals surface area contributed by atoms with Gasteiger partial charge in [0.1, 0.15) is 11.8 Å². The fourth-order valence-corrected chi connectivity index (χ4v) is 3.45. The van der Waals surface area contributed by atoms with Crippen molar-refractivity contribution < 1.29 is 9.26 Å². The third kappa shape index (κ3) is 3.59. The van der Waals surface area contributed by atoms with Gasteiger partial charge in [-0.2, -0.15) is 10.2 Å². The Morgan fingerprint density at radius 1 is 1.21 bits per heavy atom. The standard InChI is InChI=1S/C23H22N4O2/c1-4-5-15-6-8-19(21-18(15)10-11-25-21)22-26-23(29-27-22)16-7-9-20(28-14(2)3)17(12-16)13-24/h6-12,14,25H,4-5H2,1-3H3. The maximum Gasteiger partial charge on any atom is 0.258 e. The zero-order chi connectivity index (χ0) is 20.4. The fourth-order valence-electron chi connectivity index (χ4n) is 3.45. The van der Waals surface area contributed by atoms with Crippen LogP contribution in [0.3, 0.4) is 0 Å². The van der Waals surface area contributed by atoms with Crippen LogP contribution in [0.1, 0.15) is 38.3 Å². The van der Waals surface area contributed by atoms with E-state index in [-0.39, 0.29) is 6.10 Å². The molecular formula is C23H22N4O2. The second-order valence-corrected chi connectivity index (χ2v) is 7.20. The molecule has 1 N–H and O–H groups in total. The first-order chi connectivity index (χ1) is 14.1. The first kappa shape index (κ1) is 18.8. The van der Waals surface area contributed by atoms with Crippen LogP contribution in [0.25, 0.3) is 33.7 Å². The summed E-state index contributed by atoms with van der Waals surface area (Å²) in [6.07, 6.45) is 4.03. The molecule has 4 aromatic rings. The Morgan fingerprint density at radius 2 is 2.07 bits per heavy atom. The minimum absolute atomic E-state index is 0.0122. The molecule has 0 bridgehead atoms. The van der Waals surface area contributed by atoms with Gasteiger partial charge >= 0.3 is 0 Å². The second-order valence-electron chi connectivity index (χ2n) is 7.20. The smallest absolute Gasteiger partial charge is 0.258 e. The zero-order valence-corrected chi connectivity index (χ0v) is 16.7. The maximum absolute atomic E-state index is 9.45. The number of aromatic amines is 1. The monoisotopic (exact) mass is 386 g/mol. The molecule has 6 heteroatoms. The number of rotatable bonds is 6. The van der Waals surface area contributed by atoms with E-state index in [0.29, 0.717) is 28.6 Å². The van der Waals surface area contributed by atoms with Gasteiger partial charge in [-0.15, -0.1) is 0 Å². The Bertz CT molecular complexity index is 1200. The van der Waals surface area contributed by atoms with E-state index in [2.05, 4.69) is 40.3 Å². The molecule has 2 aromatic carbocycles. The average Bonchev–Trinajstić information content (AvgIpc) is 3.38. The van der Waals surface area contributed by atoms with Crippen LogP contribution in [-0.2, 0) is 6.42 Å². The average molecular weight is 386 g/mol. The molecule has 0 saturated heterocycles. The highest BCUT2D eigenvalue weighted by Gasteiger charge is 2.17. The Morgan fingerprint density at radius 3 is 2.83 bits per heavy atom. The molecule has 0 radical (unpaired) electrons. The van der Waals surface area contributed by atoms with E-state index < -0.39 is 0 Å². The van der Waals surface area contributed by atoms with Crippen molar-refractivity contribution >= 4 is 10.9 Å². The summed E-state index contributed by atoms with van der Waals surface area (Å²) in [4.78, 5) is 7.87. The predicted molar refractivity (Wildman–Crippen MR) is 112 cm³/mol. The molecule has 4 rings (SSSR count). The van der Waals surface area contributed by atoms with Gasteiger partial charge in [0.25, 0.3) is 5.89 Å². The van der Waals surface area contributed by atoms with Crippen LogP contribution in [-0.4, -0.2) is 21.2 Å². The second kappa shape index (κ2) is 7.80. The van der Waals surface area contributed by atoms with Gasteiger partial charge in [-0.25, -0.2) is 0 Å². The van der Waals surface area contributed by atoms with E-state index in [1.165, 1.54) is 10.9 Å². The van der Waals surface area contributed by atoms with Crippen LogP contribution in [0.15, 0.2) is 47.1 Å². The van der Waals surface area contributed by atoms with E-state index in [9.17, 15) is 5.26 Å². The number of aryl methyl sites for hydroxylation is 1. The molecule has 6 nitrogen and oxygen atoms in total. The van der Waals surface area contributed by atoms with Crippen molar-refractivity contribution in [1.82, 2.24) is 15.1 Å². The van der Waals surface area contributed by atoms with Crippen LogP contribution in [0, 0.1) is 11.3 Å². The van der Waals surface area contributed by atoms with Gasteiger partial charge in [0.15, 0.2) is 0 Å². The molecule has 0 amide bonds. The third-order valence-corrected chi connectivity index (χ3v) is 4.71. The topological polar surface area (TPSA) is 87.7 Å². The van der Waals surface area contributed by atoms with Crippen molar-refractivity contribution in [1.29, 1.82) is 5.26 Å². The summed E-state index contributed by atoms with van der Waals surface area (Å²) in [5.41, 5.74) is 4.31. The van der Waals surface area contributed by atoms with Gasteiger partial charge in [0.2, 0.25) is 5.82 Å². The summed E-state index contributed by atoms with van der Waals surface area (Å²) in [5, 5.41) is 14.8.